The SMILES string of the molecule is CCOc1cc(C2C(C#N)=C(N)Oc3cc(OC(=O)COc4c(F)c(F)c(F)c(F)c4F)ccc32)ccc1OCc1ccc(F)cc1. The van der Waals surface area contributed by atoms with Crippen LogP contribution in [-0.2, 0) is 11.4 Å². The molecule has 5 rings (SSSR count). The van der Waals surface area contributed by atoms with Gasteiger partial charge in [-0.15, -0.1) is 0 Å². The number of nitrogens with two attached hydrogens (primary N) is 1. The van der Waals surface area contributed by atoms with Crippen molar-refractivity contribution in [2.24, 2.45) is 5.73 Å². The molecule has 242 valence electrons. The van der Waals surface area contributed by atoms with Crippen LogP contribution in [0.2, 0.25) is 0 Å². The lowest BCUT2D eigenvalue weighted by Crippen LogP contribution is -2.22. The fourth-order valence-electron chi connectivity index (χ4n) is 4.68. The highest BCUT2D eigenvalue weighted by molar-refractivity contribution is 5.74. The summed E-state index contributed by atoms with van der Waals surface area (Å²) in [4.78, 5) is 12.3. The van der Waals surface area contributed by atoms with E-state index in [0.29, 0.717) is 22.6 Å². The Bertz CT molecular complexity index is 1900. The van der Waals surface area contributed by atoms with Crippen molar-refractivity contribution in [3.63, 3.8) is 0 Å². The second kappa shape index (κ2) is 13.7. The lowest BCUT2D eigenvalue weighted by molar-refractivity contribution is -0.136. The highest BCUT2D eigenvalue weighted by atomic mass is 19.2. The fourth-order valence-corrected chi connectivity index (χ4v) is 4.68. The quantitative estimate of drug-likeness (QED) is 0.0660. The maximum atomic E-state index is 13.9. The number of nitriles is 1. The van der Waals surface area contributed by atoms with Gasteiger partial charge in [-0.2, -0.15) is 14.0 Å². The minimum atomic E-state index is -2.38. The van der Waals surface area contributed by atoms with Gasteiger partial charge in [-0.25, -0.2) is 22.4 Å². The summed E-state index contributed by atoms with van der Waals surface area (Å²) < 4.78 is 108. The standard InChI is InChI=1S/C33H22F6N2O6/c1-2-43-24-11-17(5-10-22(24)44-14-16-3-6-18(34)7-4-16)26-20-9-8-19(12-23(20)47-33(41)21(26)13-40)46-25(42)15-45-32-30(38)28(36)27(35)29(37)31(32)39/h3-12,26H,2,14-15,41H2,1H3. The van der Waals surface area contributed by atoms with E-state index >= 15 is 0 Å². The Morgan fingerprint density at radius 2 is 1.53 bits per heavy atom. The average Bonchev–Trinajstić information content (AvgIpc) is 3.06. The highest BCUT2D eigenvalue weighted by Gasteiger charge is 2.32. The topological polar surface area (TPSA) is 113 Å². The number of rotatable bonds is 10. The Balaban J connectivity index is 1.37. The number of carbonyl (C=O) groups excluding carboxylic acids is 1. The normalized spacial score (nSPS) is 13.7. The van der Waals surface area contributed by atoms with Crippen molar-refractivity contribution in [2.45, 2.75) is 19.4 Å². The fraction of sp³-hybridized carbons (Fsp3) is 0.152. The zero-order valence-electron chi connectivity index (χ0n) is 24.2. The Morgan fingerprint density at radius 3 is 2.19 bits per heavy atom. The number of benzene rings is 4. The number of halogens is 6. The van der Waals surface area contributed by atoms with Crippen LogP contribution >= 0.6 is 0 Å². The van der Waals surface area contributed by atoms with E-state index < -0.39 is 53.3 Å². The third-order valence-corrected chi connectivity index (χ3v) is 6.83. The minimum Gasteiger partial charge on any atom is -0.490 e. The molecule has 0 fully saturated rings. The first kappa shape index (κ1) is 32.6. The van der Waals surface area contributed by atoms with Gasteiger partial charge in [0.2, 0.25) is 35.0 Å². The van der Waals surface area contributed by atoms with Crippen LogP contribution in [0, 0.1) is 46.2 Å². The molecule has 0 aromatic heterocycles. The number of esters is 1. The van der Waals surface area contributed by atoms with E-state index in [0.717, 1.165) is 5.56 Å². The molecule has 47 heavy (non-hydrogen) atoms. The van der Waals surface area contributed by atoms with Crippen LogP contribution in [0.5, 0.6) is 28.7 Å². The van der Waals surface area contributed by atoms with Gasteiger partial charge in [0, 0.05) is 11.6 Å². The molecule has 0 aliphatic carbocycles. The summed E-state index contributed by atoms with van der Waals surface area (Å²) in [6, 6.07) is 16.9. The molecule has 8 nitrogen and oxygen atoms in total. The second-order valence-corrected chi connectivity index (χ2v) is 9.84. The largest absolute Gasteiger partial charge is 0.490 e. The Hall–Kier alpha value is -5.84. The summed E-state index contributed by atoms with van der Waals surface area (Å²) in [5.41, 5.74) is 7.87. The van der Waals surface area contributed by atoms with Crippen LogP contribution in [0.15, 0.2) is 72.1 Å². The van der Waals surface area contributed by atoms with Gasteiger partial charge >= 0.3 is 5.97 Å². The van der Waals surface area contributed by atoms with Crippen LogP contribution in [-0.4, -0.2) is 19.2 Å². The van der Waals surface area contributed by atoms with E-state index in [-0.39, 0.29) is 42.0 Å². The van der Waals surface area contributed by atoms with Gasteiger partial charge < -0.3 is 29.4 Å². The molecule has 1 aliphatic heterocycles. The van der Waals surface area contributed by atoms with Crippen molar-refractivity contribution in [1.82, 2.24) is 0 Å². The summed E-state index contributed by atoms with van der Waals surface area (Å²) >= 11 is 0. The van der Waals surface area contributed by atoms with Gasteiger partial charge in [0.1, 0.15) is 35.6 Å². The monoisotopic (exact) mass is 656 g/mol. The number of carbonyl (C=O) groups is 1. The zero-order chi connectivity index (χ0) is 33.8. The van der Waals surface area contributed by atoms with E-state index in [9.17, 15) is 36.4 Å². The molecule has 2 N–H and O–H groups in total. The van der Waals surface area contributed by atoms with Gasteiger partial charge in [0.25, 0.3) is 0 Å². The summed E-state index contributed by atoms with van der Waals surface area (Å²) in [5, 5.41) is 9.94. The molecule has 4 aromatic carbocycles. The van der Waals surface area contributed by atoms with Crippen molar-refractivity contribution in [2.75, 3.05) is 13.2 Å². The number of allylic oxidation sites excluding steroid dienone is 1. The molecule has 4 aromatic rings. The summed E-state index contributed by atoms with van der Waals surface area (Å²) in [6.07, 6.45) is 0. The molecule has 0 saturated heterocycles. The molecule has 14 heteroatoms. The molecule has 0 spiro atoms. The maximum Gasteiger partial charge on any atom is 0.349 e. The first-order valence-electron chi connectivity index (χ1n) is 13.7. The van der Waals surface area contributed by atoms with Gasteiger partial charge in [-0.3, -0.25) is 0 Å². The lowest BCUT2D eigenvalue weighted by atomic mass is 9.83. The molecule has 1 atom stereocenters. The van der Waals surface area contributed by atoms with E-state index in [1.165, 1.54) is 30.3 Å². The summed E-state index contributed by atoms with van der Waals surface area (Å²) in [5.74, 6) is -15.0. The van der Waals surface area contributed by atoms with Crippen LogP contribution < -0.4 is 29.4 Å². The van der Waals surface area contributed by atoms with Crippen LogP contribution in [0.25, 0.3) is 0 Å². The lowest BCUT2D eigenvalue weighted by Gasteiger charge is -2.27. The van der Waals surface area contributed by atoms with Gasteiger partial charge in [-0.05, 0) is 48.4 Å². The number of hydrogen-bond acceptors (Lipinski definition) is 8. The minimum absolute atomic E-state index is 0.0703. The molecule has 1 unspecified atom stereocenters. The second-order valence-electron chi connectivity index (χ2n) is 9.84. The summed E-state index contributed by atoms with van der Waals surface area (Å²) in [6.45, 7) is 0.974. The van der Waals surface area contributed by atoms with E-state index in [2.05, 4.69) is 4.74 Å². The third kappa shape index (κ3) is 6.74. The Morgan fingerprint density at radius 1 is 0.851 bits per heavy atom. The van der Waals surface area contributed by atoms with Crippen molar-refractivity contribution < 1.29 is 54.8 Å². The molecular weight excluding hydrogens is 634 g/mol. The Kier molecular flexibility index (Phi) is 9.46. The smallest absolute Gasteiger partial charge is 0.349 e. The predicted molar refractivity (Wildman–Crippen MR) is 151 cm³/mol. The third-order valence-electron chi connectivity index (χ3n) is 6.83. The van der Waals surface area contributed by atoms with Crippen LogP contribution in [0.1, 0.15) is 29.5 Å². The molecule has 1 heterocycles. The molecule has 0 radical (unpaired) electrons. The maximum absolute atomic E-state index is 13.9. The van der Waals surface area contributed by atoms with Crippen LogP contribution in [0.3, 0.4) is 0 Å². The predicted octanol–water partition coefficient (Wildman–Crippen LogP) is 6.70. The van der Waals surface area contributed by atoms with Crippen molar-refractivity contribution in [3.05, 3.63) is 124 Å². The first-order valence-corrected chi connectivity index (χ1v) is 13.7. The van der Waals surface area contributed by atoms with Crippen molar-refractivity contribution in [1.29, 1.82) is 5.26 Å². The van der Waals surface area contributed by atoms with Gasteiger partial charge in [0.15, 0.2) is 23.9 Å². The average molecular weight is 657 g/mol. The number of hydrogen-bond donors (Lipinski definition) is 1. The molecule has 1 aliphatic rings. The number of ether oxygens (including phenoxy) is 5. The van der Waals surface area contributed by atoms with Gasteiger partial charge in [0.05, 0.1) is 12.5 Å². The first-order chi connectivity index (χ1) is 22.5. The van der Waals surface area contributed by atoms with Crippen LogP contribution in [0.4, 0.5) is 26.3 Å². The number of nitrogens with zero attached hydrogens (tertiary/aromatic N) is 1. The van der Waals surface area contributed by atoms with Crippen molar-refractivity contribution in [3.8, 4) is 34.8 Å². The molecular formula is C33H22F6N2O6. The van der Waals surface area contributed by atoms with Gasteiger partial charge in [-0.1, -0.05) is 24.3 Å². The van der Waals surface area contributed by atoms with Crippen molar-refractivity contribution >= 4 is 5.97 Å². The molecule has 0 saturated carbocycles. The number of fused-ring (bicyclic) bond motifs is 1. The van der Waals surface area contributed by atoms with E-state index in [4.69, 9.17) is 24.7 Å². The summed E-state index contributed by atoms with van der Waals surface area (Å²) in [7, 11) is 0. The Labute approximate surface area is 263 Å². The van der Waals surface area contributed by atoms with E-state index in [1.54, 1.807) is 37.3 Å². The molecule has 0 amide bonds. The highest BCUT2D eigenvalue weighted by Crippen LogP contribution is 2.45. The van der Waals surface area contributed by atoms with E-state index in [1.807, 2.05) is 6.07 Å². The molecule has 0 bridgehead atoms. The zero-order valence-corrected chi connectivity index (χ0v) is 24.2.